The molecule has 2 aliphatic heterocycles. The van der Waals surface area contributed by atoms with E-state index in [-0.39, 0.29) is 10.9 Å². The molecule has 0 aromatic heterocycles. The smallest absolute Gasteiger partial charge is 0.126 e. The molecule has 2 saturated heterocycles. The molecule has 0 saturated carbocycles. The lowest BCUT2D eigenvalue weighted by Crippen LogP contribution is -2.45. The highest BCUT2D eigenvalue weighted by atomic mass is 32.2. The zero-order valence-electron chi connectivity index (χ0n) is 11.8. The van der Waals surface area contributed by atoms with Crippen LogP contribution < -0.4 is 5.73 Å². The Labute approximate surface area is 131 Å². The fraction of sp³-hybridized carbons (Fsp3) is 0.600. The van der Waals surface area contributed by atoms with Gasteiger partial charge in [0.2, 0.25) is 0 Å². The highest BCUT2D eigenvalue weighted by Gasteiger charge is 2.40. The standard InChI is InChI=1S/C15H20FNO2S2/c16-11-7-12(17)9-14(8-11)21(18)13-1-4-19-15(10-13)2-5-20-6-3-15/h7-9,13H,1-6,10,17H2. The van der Waals surface area contributed by atoms with E-state index in [0.717, 1.165) is 37.2 Å². The van der Waals surface area contributed by atoms with Crippen molar-refractivity contribution in [3.05, 3.63) is 24.0 Å². The Bertz CT molecular complexity index is 521. The summed E-state index contributed by atoms with van der Waals surface area (Å²) in [6, 6.07) is 4.22. The largest absolute Gasteiger partial charge is 0.399 e. The second kappa shape index (κ2) is 6.26. The number of ether oxygens (including phenoxy) is 1. The number of hydrogen-bond acceptors (Lipinski definition) is 4. The molecule has 1 aromatic rings. The predicted octanol–water partition coefficient (Wildman–Crippen LogP) is 2.96. The molecule has 0 aliphatic carbocycles. The lowest BCUT2D eigenvalue weighted by molar-refractivity contribution is -0.0809. The van der Waals surface area contributed by atoms with Gasteiger partial charge in [-0.3, -0.25) is 4.21 Å². The topological polar surface area (TPSA) is 52.3 Å². The van der Waals surface area contributed by atoms with Crippen molar-refractivity contribution in [3.8, 4) is 0 Å². The fourth-order valence-corrected chi connectivity index (χ4v) is 6.02. The van der Waals surface area contributed by atoms with Crippen molar-refractivity contribution in [1.29, 1.82) is 0 Å². The number of anilines is 1. The minimum absolute atomic E-state index is 0.0306. The van der Waals surface area contributed by atoms with Crippen molar-refractivity contribution in [2.75, 3.05) is 23.8 Å². The molecule has 3 nitrogen and oxygen atoms in total. The number of nitrogens with two attached hydrogens (primary N) is 1. The number of nitrogen functional groups attached to an aromatic ring is 1. The van der Waals surface area contributed by atoms with Gasteiger partial charge in [0.15, 0.2) is 0 Å². The summed E-state index contributed by atoms with van der Waals surface area (Å²) in [4.78, 5) is 0.500. The Morgan fingerprint density at radius 1 is 1.33 bits per heavy atom. The zero-order chi connectivity index (χ0) is 14.9. The monoisotopic (exact) mass is 329 g/mol. The summed E-state index contributed by atoms with van der Waals surface area (Å²) in [5, 5.41) is 0.0306. The van der Waals surface area contributed by atoms with E-state index in [9.17, 15) is 8.60 Å². The van der Waals surface area contributed by atoms with E-state index >= 15 is 0 Å². The average molecular weight is 329 g/mol. The van der Waals surface area contributed by atoms with Crippen LogP contribution in [0.2, 0.25) is 0 Å². The lowest BCUT2D eigenvalue weighted by Gasteiger charge is -2.43. The maximum absolute atomic E-state index is 13.5. The number of rotatable bonds is 2. The Balaban J connectivity index is 1.77. The van der Waals surface area contributed by atoms with Crippen LogP contribution >= 0.6 is 11.8 Å². The number of hydrogen-bond donors (Lipinski definition) is 1. The number of thioether (sulfide) groups is 1. The molecule has 2 atom stereocenters. The van der Waals surface area contributed by atoms with Crippen LogP contribution in [0.3, 0.4) is 0 Å². The highest BCUT2D eigenvalue weighted by Crippen LogP contribution is 2.39. The van der Waals surface area contributed by atoms with Crippen molar-refractivity contribution in [2.24, 2.45) is 0 Å². The minimum atomic E-state index is -1.22. The molecule has 2 N–H and O–H groups in total. The van der Waals surface area contributed by atoms with Crippen molar-refractivity contribution in [3.63, 3.8) is 0 Å². The number of benzene rings is 1. The van der Waals surface area contributed by atoms with E-state index < -0.39 is 16.6 Å². The van der Waals surface area contributed by atoms with Crippen LogP contribution in [0, 0.1) is 5.82 Å². The Morgan fingerprint density at radius 3 is 2.81 bits per heavy atom. The minimum Gasteiger partial charge on any atom is -0.399 e. The fourth-order valence-electron chi connectivity index (χ4n) is 3.15. The summed E-state index contributed by atoms with van der Waals surface area (Å²) < 4.78 is 32.2. The summed E-state index contributed by atoms with van der Waals surface area (Å²) in [5.41, 5.74) is 5.88. The SMILES string of the molecule is Nc1cc(F)cc(S(=O)C2CCOC3(CCSCC3)C2)c1. The second-order valence-corrected chi connectivity index (χ2v) is 8.73. The first-order valence-electron chi connectivity index (χ1n) is 7.26. The zero-order valence-corrected chi connectivity index (χ0v) is 13.5. The molecular formula is C15H20FNO2S2. The van der Waals surface area contributed by atoms with E-state index in [2.05, 4.69) is 0 Å². The molecule has 2 fully saturated rings. The van der Waals surface area contributed by atoms with Crippen LogP contribution in [-0.4, -0.2) is 33.2 Å². The molecule has 6 heteroatoms. The summed E-state index contributed by atoms with van der Waals surface area (Å²) >= 11 is 1.95. The first-order valence-corrected chi connectivity index (χ1v) is 9.63. The quantitative estimate of drug-likeness (QED) is 0.848. The first kappa shape index (κ1) is 15.3. The predicted molar refractivity (Wildman–Crippen MR) is 85.5 cm³/mol. The molecule has 0 radical (unpaired) electrons. The van der Waals surface area contributed by atoms with Gasteiger partial charge in [0.1, 0.15) is 5.82 Å². The summed E-state index contributed by atoms with van der Waals surface area (Å²) in [5.74, 6) is 1.78. The van der Waals surface area contributed by atoms with E-state index in [1.54, 1.807) is 6.07 Å². The van der Waals surface area contributed by atoms with Gasteiger partial charge in [0.05, 0.1) is 16.4 Å². The van der Waals surface area contributed by atoms with Gasteiger partial charge in [-0.15, -0.1) is 0 Å². The van der Waals surface area contributed by atoms with Crippen molar-refractivity contribution in [2.45, 2.75) is 41.4 Å². The van der Waals surface area contributed by atoms with Crippen LogP contribution in [0.1, 0.15) is 25.7 Å². The molecule has 2 unspecified atom stereocenters. The average Bonchev–Trinajstić information content (AvgIpc) is 2.46. The van der Waals surface area contributed by atoms with Gasteiger partial charge < -0.3 is 10.5 Å². The molecule has 1 spiro atoms. The molecular weight excluding hydrogens is 309 g/mol. The molecule has 2 aliphatic rings. The molecule has 0 amide bonds. The molecule has 1 aromatic carbocycles. The van der Waals surface area contributed by atoms with Gasteiger partial charge in [0.25, 0.3) is 0 Å². The van der Waals surface area contributed by atoms with Crippen LogP contribution in [0.15, 0.2) is 23.1 Å². The molecule has 2 heterocycles. The third-order valence-corrected chi connectivity index (χ3v) is 6.97. The van der Waals surface area contributed by atoms with Crippen LogP contribution in [0.4, 0.5) is 10.1 Å². The van der Waals surface area contributed by atoms with Crippen molar-refractivity contribution < 1.29 is 13.3 Å². The van der Waals surface area contributed by atoms with Gasteiger partial charge in [-0.25, -0.2) is 4.39 Å². The van der Waals surface area contributed by atoms with Gasteiger partial charge in [-0.1, -0.05) is 0 Å². The molecule has 116 valence electrons. The normalized spacial score (nSPS) is 26.6. The maximum atomic E-state index is 13.5. The Hall–Kier alpha value is -0.590. The van der Waals surface area contributed by atoms with Gasteiger partial charge >= 0.3 is 0 Å². The van der Waals surface area contributed by atoms with Crippen molar-refractivity contribution >= 4 is 28.2 Å². The Morgan fingerprint density at radius 2 is 2.10 bits per heavy atom. The highest BCUT2D eigenvalue weighted by molar-refractivity contribution is 7.99. The van der Waals surface area contributed by atoms with Crippen LogP contribution in [0.25, 0.3) is 0 Å². The van der Waals surface area contributed by atoms with Gasteiger partial charge in [0, 0.05) is 22.4 Å². The third kappa shape index (κ3) is 3.43. The van der Waals surface area contributed by atoms with Crippen LogP contribution in [-0.2, 0) is 15.5 Å². The summed E-state index contributed by atoms with van der Waals surface area (Å²) in [6.45, 7) is 0.645. The molecule has 0 bridgehead atoms. The summed E-state index contributed by atoms with van der Waals surface area (Å²) in [6.07, 6.45) is 3.61. The third-order valence-electron chi connectivity index (χ3n) is 4.28. The van der Waals surface area contributed by atoms with Gasteiger partial charge in [-0.05, 0) is 55.4 Å². The van der Waals surface area contributed by atoms with Gasteiger partial charge in [-0.2, -0.15) is 11.8 Å². The first-order chi connectivity index (χ1) is 10.1. The lowest BCUT2D eigenvalue weighted by atomic mass is 9.88. The van der Waals surface area contributed by atoms with E-state index in [4.69, 9.17) is 10.5 Å². The maximum Gasteiger partial charge on any atom is 0.126 e. The molecule has 21 heavy (non-hydrogen) atoms. The second-order valence-electron chi connectivity index (χ2n) is 5.78. The van der Waals surface area contributed by atoms with E-state index in [1.807, 2.05) is 11.8 Å². The van der Waals surface area contributed by atoms with E-state index in [1.165, 1.54) is 12.1 Å². The number of halogens is 1. The van der Waals surface area contributed by atoms with E-state index in [0.29, 0.717) is 17.2 Å². The molecule has 3 rings (SSSR count). The summed E-state index contributed by atoms with van der Waals surface area (Å²) in [7, 11) is -1.22. The van der Waals surface area contributed by atoms with Crippen molar-refractivity contribution in [1.82, 2.24) is 0 Å². The van der Waals surface area contributed by atoms with Crippen LogP contribution in [0.5, 0.6) is 0 Å². The Kier molecular flexibility index (Phi) is 4.57.